The number of hydrogen-bond acceptors (Lipinski definition) is 6. The van der Waals surface area contributed by atoms with Crippen molar-refractivity contribution in [3.63, 3.8) is 0 Å². The first-order valence-corrected chi connectivity index (χ1v) is 8.84. The SMILES string of the molecule is CCc1ccncc1-c1cc2cc(NC(=O)c3cnn(C)c3)ncc2c(N)n1. The number of pyridine rings is 3. The maximum Gasteiger partial charge on any atom is 0.260 e. The molecule has 0 aromatic carbocycles. The van der Waals surface area contributed by atoms with Gasteiger partial charge in [0.1, 0.15) is 11.6 Å². The van der Waals surface area contributed by atoms with E-state index in [9.17, 15) is 4.79 Å². The lowest BCUT2D eigenvalue weighted by atomic mass is 10.0. The summed E-state index contributed by atoms with van der Waals surface area (Å²) in [5.74, 6) is 0.540. The molecule has 0 aliphatic heterocycles. The van der Waals surface area contributed by atoms with Gasteiger partial charge in [0.05, 0.1) is 17.5 Å². The van der Waals surface area contributed by atoms with Crippen LogP contribution < -0.4 is 11.1 Å². The molecule has 4 aromatic heterocycles. The minimum atomic E-state index is -0.275. The summed E-state index contributed by atoms with van der Waals surface area (Å²) in [6.45, 7) is 2.08. The lowest BCUT2D eigenvalue weighted by Crippen LogP contribution is -2.12. The average molecular weight is 373 g/mol. The zero-order valence-electron chi connectivity index (χ0n) is 15.5. The van der Waals surface area contributed by atoms with E-state index in [-0.39, 0.29) is 5.91 Å². The molecule has 140 valence electrons. The van der Waals surface area contributed by atoms with Crippen molar-refractivity contribution in [1.29, 1.82) is 0 Å². The quantitative estimate of drug-likeness (QED) is 0.569. The fraction of sp³-hybridized carbons (Fsp3) is 0.150. The van der Waals surface area contributed by atoms with Gasteiger partial charge in [-0.15, -0.1) is 0 Å². The Bertz CT molecular complexity index is 1180. The second-order valence-electron chi connectivity index (χ2n) is 6.43. The maximum atomic E-state index is 12.4. The van der Waals surface area contributed by atoms with Gasteiger partial charge in [-0.05, 0) is 35.6 Å². The van der Waals surface area contributed by atoms with Crippen molar-refractivity contribution in [2.24, 2.45) is 7.05 Å². The average Bonchev–Trinajstić information content (AvgIpc) is 3.14. The molecule has 0 spiro atoms. The van der Waals surface area contributed by atoms with Crippen LogP contribution in [0.25, 0.3) is 22.0 Å². The number of carbonyl (C=O) groups excluding carboxylic acids is 1. The van der Waals surface area contributed by atoms with Crippen molar-refractivity contribution in [2.45, 2.75) is 13.3 Å². The van der Waals surface area contributed by atoms with Crippen LogP contribution in [0.1, 0.15) is 22.8 Å². The molecule has 4 rings (SSSR count). The van der Waals surface area contributed by atoms with Crippen molar-refractivity contribution >= 4 is 28.3 Å². The van der Waals surface area contributed by atoms with Crippen molar-refractivity contribution in [1.82, 2.24) is 24.7 Å². The number of carbonyl (C=O) groups is 1. The van der Waals surface area contributed by atoms with E-state index < -0.39 is 0 Å². The van der Waals surface area contributed by atoms with Crippen LogP contribution in [0.3, 0.4) is 0 Å². The summed E-state index contributed by atoms with van der Waals surface area (Å²) in [6.07, 6.45) is 9.18. The van der Waals surface area contributed by atoms with Gasteiger partial charge in [-0.25, -0.2) is 9.97 Å². The molecule has 0 saturated heterocycles. The molecule has 0 aliphatic carbocycles. The number of rotatable bonds is 4. The Morgan fingerprint density at radius 3 is 2.86 bits per heavy atom. The van der Waals surface area contributed by atoms with Gasteiger partial charge in [0.15, 0.2) is 0 Å². The first kappa shape index (κ1) is 17.6. The van der Waals surface area contributed by atoms with Gasteiger partial charge in [0.2, 0.25) is 0 Å². The second-order valence-corrected chi connectivity index (χ2v) is 6.43. The molecule has 8 nitrogen and oxygen atoms in total. The van der Waals surface area contributed by atoms with Crippen LogP contribution in [0.4, 0.5) is 11.6 Å². The van der Waals surface area contributed by atoms with Gasteiger partial charge in [-0.2, -0.15) is 5.10 Å². The first-order valence-electron chi connectivity index (χ1n) is 8.84. The minimum absolute atomic E-state index is 0.275. The first-order chi connectivity index (χ1) is 13.5. The fourth-order valence-electron chi connectivity index (χ4n) is 3.07. The Balaban J connectivity index is 1.73. The van der Waals surface area contributed by atoms with E-state index in [4.69, 9.17) is 5.73 Å². The molecule has 0 radical (unpaired) electrons. The van der Waals surface area contributed by atoms with Crippen molar-refractivity contribution < 1.29 is 4.79 Å². The normalized spacial score (nSPS) is 10.9. The highest BCUT2D eigenvalue weighted by Crippen LogP contribution is 2.29. The third-order valence-electron chi connectivity index (χ3n) is 4.52. The number of anilines is 2. The number of aryl methyl sites for hydroxylation is 2. The molecule has 3 N–H and O–H groups in total. The van der Waals surface area contributed by atoms with E-state index in [1.165, 1.54) is 6.20 Å². The van der Waals surface area contributed by atoms with E-state index in [0.29, 0.717) is 17.2 Å². The van der Waals surface area contributed by atoms with E-state index in [0.717, 1.165) is 34.0 Å². The highest BCUT2D eigenvalue weighted by atomic mass is 16.1. The van der Waals surface area contributed by atoms with Crippen LogP contribution >= 0.6 is 0 Å². The summed E-state index contributed by atoms with van der Waals surface area (Å²) in [4.78, 5) is 25.4. The van der Waals surface area contributed by atoms with Gasteiger partial charge < -0.3 is 11.1 Å². The molecule has 0 atom stereocenters. The summed E-state index contributed by atoms with van der Waals surface area (Å²) in [6, 6.07) is 5.69. The number of aromatic nitrogens is 5. The van der Waals surface area contributed by atoms with E-state index >= 15 is 0 Å². The molecule has 0 fully saturated rings. The zero-order chi connectivity index (χ0) is 19.7. The lowest BCUT2D eigenvalue weighted by molar-refractivity contribution is 0.102. The molecular weight excluding hydrogens is 354 g/mol. The second kappa shape index (κ2) is 7.07. The number of nitrogen functional groups attached to an aromatic ring is 1. The van der Waals surface area contributed by atoms with Gasteiger partial charge >= 0.3 is 0 Å². The predicted octanol–water partition coefficient (Wildman–Crippen LogP) is 2.82. The monoisotopic (exact) mass is 373 g/mol. The summed E-state index contributed by atoms with van der Waals surface area (Å²) < 4.78 is 1.57. The molecule has 28 heavy (non-hydrogen) atoms. The number of amides is 1. The van der Waals surface area contributed by atoms with Crippen molar-refractivity contribution in [2.75, 3.05) is 11.1 Å². The van der Waals surface area contributed by atoms with Gasteiger partial charge in [0, 0.05) is 42.8 Å². The van der Waals surface area contributed by atoms with Crippen LogP contribution in [0.5, 0.6) is 0 Å². The van der Waals surface area contributed by atoms with Gasteiger partial charge in [0.25, 0.3) is 5.91 Å². The predicted molar refractivity (Wildman–Crippen MR) is 108 cm³/mol. The molecule has 0 unspecified atom stereocenters. The smallest absolute Gasteiger partial charge is 0.260 e. The Kier molecular flexibility index (Phi) is 4.44. The summed E-state index contributed by atoms with van der Waals surface area (Å²) in [5.41, 5.74) is 9.44. The van der Waals surface area contributed by atoms with E-state index in [2.05, 4.69) is 32.3 Å². The topological polar surface area (TPSA) is 112 Å². The number of nitrogens with zero attached hydrogens (tertiary/aromatic N) is 5. The van der Waals surface area contributed by atoms with E-state index in [1.54, 1.807) is 42.6 Å². The third-order valence-corrected chi connectivity index (χ3v) is 4.52. The van der Waals surface area contributed by atoms with E-state index in [1.807, 2.05) is 12.1 Å². The van der Waals surface area contributed by atoms with Crippen molar-refractivity contribution in [3.05, 3.63) is 60.3 Å². The highest BCUT2D eigenvalue weighted by Gasteiger charge is 2.12. The minimum Gasteiger partial charge on any atom is -0.383 e. The van der Waals surface area contributed by atoms with Gasteiger partial charge in [-0.1, -0.05) is 6.92 Å². The maximum absolute atomic E-state index is 12.4. The number of nitrogens with two attached hydrogens (primary N) is 1. The lowest BCUT2D eigenvalue weighted by Gasteiger charge is -2.10. The number of fused-ring (bicyclic) bond motifs is 1. The van der Waals surface area contributed by atoms with Crippen LogP contribution in [-0.2, 0) is 13.5 Å². The molecule has 0 bridgehead atoms. The Morgan fingerprint density at radius 1 is 1.25 bits per heavy atom. The zero-order valence-corrected chi connectivity index (χ0v) is 15.5. The Hall–Kier alpha value is -3.81. The largest absolute Gasteiger partial charge is 0.383 e. The third kappa shape index (κ3) is 3.27. The molecule has 0 aliphatic rings. The van der Waals surface area contributed by atoms with Crippen LogP contribution in [0.15, 0.2) is 49.2 Å². The number of nitrogens with one attached hydrogen (secondary N) is 1. The highest BCUT2D eigenvalue weighted by molar-refractivity contribution is 6.04. The molecule has 1 amide bonds. The standard InChI is InChI=1S/C20H19N7O/c1-3-12-4-5-22-9-15(12)17-6-13-7-18(23-10-16(13)19(21)25-17)26-20(28)14-8-24-27(2)11-14/h4-11H,3H2,1-2H3,(H2,21,25)(H,23,26,28). The molecule has 0 saturated carbocycles. The summed E-state index contributed by atoms with van der Waals surface area (Å²) >= 11 is 0. The summed E-state index contributed by atoms with van der Waals surface area (Å²) in [5, 5.41) is 8.36. The number of hydrogen-bond donors (Lipinski definition) is 2. The van der Waals surface area contributed by atoms with Crippen LogP contribution in [0.2, 0.25) is 0 Å². The summed E-state index contributed by atoms with van der Waals surface area (Å²) in [7, 11) is 1.76. The van der Waals surface area contributed by atoms with Gasteiger partial charge in [-0.3, -0.25) is 14.5 Å². The Labute approximate surface area is 161 Å². The van der Waals surface area contributed by atoms with Crippen LogP contribution in [0, 0.1) is 0 Å². The molecule has 4 aromatic rings. The fourth-order valence-corrected chi connectivity index (χ4v) is 3.07. The van der Waals surface area contributed by atoms with Crippen molar-refractivity contribution in [3.8, 4) is 11.3 Å². The molecule has 8 heteroatoms. The molecule has 4 heterocycles. The molecular formula is C20H19N7O. The Morgan fingerprint density at radius 2 is 2.11 bits per heavy atom. The van der Waals surface area contributed by atoms with Crippen LogP contribution in [-0.4, -0.2) is 30.6 Å².